The summed E-state index contributed by atoms with van der Waals surface area (Å²) in [6.45, 7) is 3.45. The number of nitrogens with zero attached hydrogens (tertiary/aromatic N) is 1. The van der Waals surface area contributed by atoms with Gasteiger partial charge in [-0.3, -0.25) is 4.31 Å². The largest absolute Gasteiger partial charge is 0.493 e. The van der Waals surface area contributed by atoms with Gasteiger partial charge in [-0.15, -0.1) is 6.58 Å². The Morgan fingerprint density at radius 2 is 1.66 bits per heavy atom. The fourth-order valence-corrected chi connectivity index (χ4v) is 4.73. The van der Waals surface area contributed by atoms with E-state index in [0.29, 0.717) is 23.6 Å². The number of anilines is 1. The molecule has 3 aromatic rings. The number of sulfonamides is 1. The highest BCUT2D eigenvalue weighted by Gasteiger charge is 2.27. The zero-order chi connectivity index (χ0) is 23.0. The maximum atomic E-state index is 13.3. The molecular weight excluding hydrogens is 426 g/mol. The average molecular weight is 454 g/mol. The molecule has 0 saturated carbocycles. The van der Waals surface area contributed by atoms with Crippen LogP contribution in [-0.2, 0) is 16.4 Å². The van der Waals surface area contributed by atoms with E-state index in [1.54, 1.807) is 67.8 Å². The van der Waals surface area contributed by atoms with E-state index in [0.717, 1.165) is 5.56 Å². The van der Waals surface area contributed by atoms with Crippen LogP contribution >= 0.6 is 0 Å². The molecule has 0 fully saturated rings. The molecule has 3 rings (SSSR count). The van der Waals surface area contributed by atoms with Crippen LogP contribution in [-0.4, -0.2) is 39.9 Å². The molecule has 1 N–H and O–H groups in total. The Morgan fingerprint density at radius 3 is 2.28 bits per heavy atom. The second-order valence-corrected chi connectivity index (χ2v) is 8.99. The topological polar surface area (TPSA) is 76.1 Å². The third-order valence-corrected chi connectivity index (χ3v) is 6.60. The van der Waals surface area contributed by atoms with E-state index < -0.39 is 16.1 Å². The zero-order valence-corrected chi connectivity index (χ0v) is 18.7. The standard InChI is InChI=1S/C25H27NO5S/c1-3-10-20-15-16-24(25(17-20)30-2)31-19-22(27)18-26(21-11-6-4-7-12-21)32(28,29)23-13-8-5-9-14-23/h3-9,11-17,22,27H,1,10,18-19H2,2H3/t22-/m0/s1. The van der Waals surface area contributed by atoms with Crippen LogP contribution in [0.25, 0.3) is 0 Å². The number of hydrogen-bond donors (Lipinski definition) is 1. The number of hydrogen-bond acceptors (Lipinski definition) is 5. The Kier molecular flexibility index (Phi) is 7.92. The molecule has 0 saturated heterocycles. The first-order valence-corrected chi connectivity index (χ1v) is 11.6. The molecule has 0 amide bonds. The summed E-state index contributed by atoms with van der Waals surface area (Å²) in [7, 11) is -2.33. The summed E-state index contributed by atoms with van der Waals surface area (Å²) in [6, 6.07) is 22.3. The third kappa shape index (κ3) is 5.69. The van der Waals surface area contributed by atoms with E-state index in [2.05, 4.69) is 6.58 Å². The van der Waals surface area contributed by atoms with Crippen molar-refractivity contribution in [3.63, 3.8) is 0 Å². The fraction of sp³-hybridized carbons (Fsp3) is 0.200. The molecule has 0 spiro atoms. The molecule has 32 heavy (non-hydrogen) atoms. The van der Waals surface area contributed by atoms with E-state index in [9.17, 15) is 13.5 Å². The molecule has 7 heteroatoms. The van der Waals surface area contributed by atoms with Gasteiger partial charge >= 0.3 is 0 Å². The van der Waals surface area contributed by atoms with Gasteiger partial charge in [0.05, 0.1) is 24.2 Å². The maximum Gasteiger partial charge on any atom is 0.264 e. The minimum absolute atomic E-state index is 0.106. The summed E-state index contributed by atoms with van der Waals surface area (Å²) >= 11 is 0. The number of ether oxygens (including phenoxy) is 2. The summed E-state index contributed by atoms with van der Waals surface area (Å²) < 4.78 is 38.9. The summed E-state index contributed by atoms with van der Waals surface area (Å²) in [5, 5.41) is 10.7. The third-order valence-electron chi connectivity index (χ3n) is 4.79. The van der Waals surface area contributed by atoms with E-state index >= 15 is 0 Å². The van der Waals surface area contributed by atoms with Gasteiger partial charge in [-0.25, -0.2) is 8.42 Å². The number of rotatable bonds is 11. The van der Waals surface area contributed by atoms with Gasteiger partial charge in [0.1, 0.15) is 12.7 Å². The van der Waals surface area contributed by atoms with Crippen molar-refractivity contribution in [2.24, 2.45) is 0 Å². The highest BCUT2D eigenvalue weighted by Crippen LogP contribution is 2.29. The minimum Gasteiger partial charge on any atom is -0.493 e. The predicted molar refractivity (Wildman–Crippen MR) is 126 cm³/mol. The fourth-order valence-electron chi connectivity index (χ4n) is 3.21. The number of aliphatic hydroxyl groups excluding tert-OH is 1. The van der Waals surface area contributed by atoms with Gasteiger partial charge in [0.2, 0.25) is 0 Å². The average Bonchev–Trinajstić information content (AvgIpc) is 2.82. The van der Waals surface area contributed by atoms with E-state index in [4.69, 9.17) is 9.47 Å². The van der Waals surface area contributed by atoms with Crippen LogP contribution in [0.3, 0.4) is 0 Å². The molecule has 1 atom stereocenters. The zero-order valence-electron chi connectivity index (χ0n) is 17.9. The van der Waals surface area contributed by atoms with Crippen molar-refractivity contribution in [2.45, 2.75) is 17.4 Å². The van der Waals surface area contributed by atoms with Gasteiger partial charge in [-0.2, -0.15) is 0 Å². The van der Waals surface area contributed by atoms with Gasteiger partial charge in [-0.1, -0.05) is 48.5 Å². The summed E-state index contributed by atoms with van der Waals surface area (Å²) in [5.74, 6) is 1.00. The van der Waals surface area contributed by atoms with Crippen LogP contribution in [0.2, 0.25) is 0 Å². The van der Waals surface area contributed by atoms with Gasteiger partial charge in [-0.05, 0) is 48.4 Å². The number of allylic oxidation sites excluding steroid dienone is 1. The number of benzene rings is 3. The molecule has 0 radical (unpaired) electrons. The maximum absolute atomic E-state index is 13.3. The highest BCUT2D eigenvalue weighted by molar-refractivity contribution is 7.92. The molecule has 3 aromatic carbocycles. The molecule has 0 aliphatic heterocycles. The van der Waals surface area contributed by atoms with E-state index in [-0.39, 0.29) is 18.0 Å². The molecule has 0 aliphatic rings. The minimum atomic E-state index is -3.87. The van der Waals surface area contributed by atoms with Gasteiger partial charge in [0, 0.05) is 0 Å². The molecule has 0 aromatic heterocycles. The molecule has 0 aliphatic carbocycles. The van der Waals surface area contributed by atoms with Crippen molar-refractivity contribution in [3.8, 4) is 11.5 Å². The van der Waals surface area contributed by atoms with Crippen molar-refractivity contribution in [1.29, 1.82) is 0 Å². The Morgan fingerprint density at radius 1 is 1.00 bits per heavy atom. The summed E-state index contributed by atoms with van der Waals surface area (Å²) in [4.78, 5) is 0.149. The van der Waals surface area contributed by atoms with Crippen LogP contribution in [0, 0.1) is 0 Å². The lowest BCUT2D eigenvalue weighted by Crippen LogP contribution is -2.39. The predicted octanol–water partition coefficient (Wildman–Crippen LogP) is 4.06. The second-order valence-electron chi connectivity index (χ2n) is 7.13. The molecule has 0 unspecified atom stereocenters. The van der Waals surface area contributed by atoms with E-state index in [1.165, 1.54) is 16.4 Å². The number of aliphatic hydroxyl groups is 1. The first-order valence-electron chi connectivity index (χ1n) is 10.2. The lowest BCUT2D eigenvalue weighted by atomic mass is 10.1. The van der Waals surface area contributed by atoms with Gasteiger partial charge < -0.3 is 14.6 Å². The van der Waals surface area contributed by atoms with Crippen molar-refractivity contribution < 1.29 is 23.0 Å². The Hall–Kier alpha value is -3.29. The lowest BCUT2D eigenvalue weighted by Gasteiger charge is -2.27. The number of methoxy groups -OCH3 is 1. The second kappa shape index (κ2) is 10.8. The molecule has 6 nitrogen and oxygen atoms in total. The Bertz CT molecular complexity index is 1120. The molecule has 168 valence electrons. The van der Waals surface area contributed by atoms with Crippen LogP contribution in [0.4, 0.5) is 5.69 Å². The Labute approximate surface area is 189 Å². The summed E-state index contributed by atoms with van der Waals surface area (Å²) in [6.07, 6.45) is 1.42. The van der Waals surface area contributed by atoms with Crippen molar-refractivity contribution in [3.05, 3.63) is 97.1 Å². The molecule has 0 heterocycles. The van der Waals surface area contributed by atoms with Crippen LogP contribution in [0.5, 0.6) is 11.5 Å². The first-order chi connectivity index (χ1) is 15.5. The van der Waals surface area contributed by atoms with Crippen LogP contribution < -0.4 is 13.8 Å². The highest BCUT2D eigenvalue weighted by atomic mass is 32.2. The van der Waals surface area contributed by atoms with Crippen molar-refractivity contribution >= 4 is 15.7 Å². The van der Waals surface area contributed by atoms with Gasteiger partial charge in [0.15, 0.2) is 11.5 Å². The van der Waals surface area contributed by atoms with E-state index in [1.807, 2.05) is 12.1 Å². The molecular formula is C25H27NO5S. The smallest absolute Gasteiger partial charge is 0.264 e. The van der Waals surface area contributed by atoms with Crippen molar-refractivity contribution in [2.75, 3.05) is 24.6 Å². The quantitative estimate of drug-likeness (QED) is 0.443. The number of para-hydroxylation sites is 1. The normalized spacial score (nSPS) is 12.1. The first kappa shape index (κ1) is 23.4. The summed E-state index contributed by atoms with van der Waals surface area (Å²) in [5.41, 5.74) is 1.48. The van der Waals surface area contributed by atoms with Crippen LogP contribution in [0.1, 0.15) is 5.56 Å². The lowest BCUT2D eigenvalue weighted by molar-refractivity contribution is 0.113. The van der Waals surface area contributed by atoms with Crippen LogP contribution in [0.15, 0.2) is 96.4 Å². The van der Waals surface area contributed by atoms with Gasteiger partial charge in [0.25, 0.3) is 10.0 Å². The monoisotopic (exact) mass is 453 g/mol. The Balaban J connectivity index is 1.78. The molecule has 0 bridgehead atoms. The SMILES string of the molecule is C=CCc1ccc(OC[C@@H](O)CN(c2ccccc2)S(=O)(=O)c2ccccc2)c(OC)c1. The van der Waals surface area contributed by atoms with Crippen molar-refractivity contribution in [1.82, 2.24) is 0 Å².